The van der Waals surface area contributed by atoms with E-state index in [4.69, 9.17) is 14.6 Å². The van der Waals surface area contributed by atoms with Gasteiger partial charge in [-0.05, 0) is 12.1 Å². The summed E-state index contributed by atoms with van der Waals surface area (Å²) in [6, 6.07) is 5.60. The van der Waals surface area contributed by atoms with Gasteiger partial charge in [0.25, 0.3) is 0 Å². The molecule has 0 atom stereocenters. The highest BCUT2D eigenvalue weighted by molar-refractivity contribution is 5.82. The zero-order chi connectivity index (χ0) is 24.6. The molecule has 0 radical (unpaired) electrons. The van der Waals surface area contributed by atoms with Crippen molar-refractivity contribution < 1.29 is 27.4 Å². The third-order valence-electron chi connectivity index (χ3n) is 6.06. The highest BCUT2D eigenvalue weighted by Crippen LogP contribution is 2.41. The van der Waals surface area contributed by atoms with E-state index >= 15 is 0 Å². The van der Waals surface area contributed by atoms with Crippen LogP contribution < -0.4 is 19.3 Å². The van der Waals surface area contributed by atoms with Crippen molar-refractivity contribution in [2.24, 2.45) is 0 Å². The molecular weight excluding hydrogens is 467 g/mol. The number of morpholine rings is 1. The summed E-state index contributed by atoms with van der Waals surface area (Å²) in [7, 11) is 3.92. The zero-order valence-electron chi connectivity index (χ0n) is 19.5. The number of aromatic nitrogens is 4. The monoisotopic (exact) mass is 493 g/mol. The number of benzene rings is 1. The van der Waals surface area contributed by atoms with Gasteiger partial charge in [0.2, 0.25) is 5.65 Å². The summed E-state index contributed by atoms with van der Waals surface area (Å²) < 4.78 is 55.2. The minimum absolute atomic E-state index is 0.287. The van der Waals surface area contributed by atoms with Gasteiger partial charge in [0.15, 0.2) is 17.4 Å². The first-order chi connectivity index (χ1) is 16.8. The highest BCUT2D eigenvalue weighted by Gasteiger charge is 2.32. The minimum atomic E-state index is -4.79. The largest absolute Gasteiger partial charge is 0.573 e. The summed E-state index contributed by atoms with van der Waals surface area (Å²) >= 11 is 0. The maximum absolute atomic E-state index is 12.7. The Morgan fingerprint density at radius 3 is 2.69 bits per heavy atom. The molecular formula is C22H26F3N7O3. The second kappa shape index (κ2) is 9.38. The molecule has 0 N–H and O–H groups in total. The summed E-state index contributed by atoms with van der Waals surface area (Å²) in [6.07, 6.45) is -4.79. The number of likely N-dealkylation sites (N-methyl/N-ethyl adjacent to an activating group) is 2. The van der Waals surface area contributed by atoms with E-state index < -0.39 is 6.36 Å². The van der Waals surface area contributed by atoms with E-state index in [-0.39, 0.29) is 11.6 Å². The lowest BCUT2D eigenvalue weighted by Crippen LogP contribution is -2.41. The lowest BCUT2D eigenvalue weighted by molar-refractivity contribution is -0.274. The van der Waals surface area contributed by atoms with Crippen molar-refractivity contribution in [1.82, 2.24) is 24.7 Å². The number of rotatable bonds is 6. The van der Waals surface area contributed by atoms with Crippen LogP contribution in [0.2, 0.25) is 0 Å². The maximum atomic E-state index is 12.7. The summed E-state index contributed by atoms with van der Waals surface area (Å²) in [5.41, 5.74) is 1.59. The third kappa shape index (κ3) is 4.91. The number of hydrogen-bond donors (Lipinski definition) is 0. The molecule has 2 aliphatic rings. The van der Waals surface area contributed by atoms with Crippen molar-refractivity contribution in [3.05, 3.63) is 24.3 Å². The molecule has 5 rings (SSSR count). The summed E-state index contributed by atoms with van der Waals surface area (Å²) in [5.74, 6) is 1.16. The van der Waals surface area contributed by atoms with Gasteiger partial charge in [0, 0.05) is 45.8 Å². The second-order valence-corrected chi connectivity index (χ2v) is 8.48. The van der Waals surface area contributed by atoms with Crippen molar-refractivity contribution in [2.75, 3.05) is 76.4 Å². The number of nitrogens with zero attached hydrogens (tertiary/aromatic N) is 7. The molecule has 1 fully saturated rings. The van der Waals surface area contributed by atoms with E-state index in [2.05, 4.69) is 24.7 Å². The molecule has 188 valence electrons. The van der Waals surface area contributed by atoms with Gasteiger partial charge in [0.1, 0.15) is 18.0 Å². The van der Waals surface area contributed by atoms with E-state index in [1.165, 1.54) is 22.7 Å². The van der Waals surface area contributed by atoms with Gasteiger partial charge in [-0.1, -0.05) is 12.1 Å². The second-order valence-electron chi connectivity index (χ2n) is 8.48. The Morgan fingerprint density at radius 2 is 1.91 bits per heavy atom. The molecule has 0 spiro atoms. The third-order valence-corrected chi connectivity index (χ3v) is 6.06. The van der Waals surface area contributed by atoms with E-state index in [1.54, 1.807) is 6.07 Å². The van der Waals surface area contributed by atoms with E-state index in [1.807, 2.05) is 19.0 Å². The average Bonchev–Trinajstić information content (AvgIpc) is 3.26. The van der Waals surface area contributed by atoms with Crippen LogP contribution in [0.25, 0.3) is 17.0 Å². The molecule has 1 saturated heterocycles. The SMILES string of the molecule is CN(CCN1CCOCC1)c1nn2c(-c3cccc(OC(F)(F)F)c3)nnc2c2c1N(C)CCO2. The first-order valence-electron chi connectivity index (χ1n) is 11.3. The standard InChI is InChI=1S/C22H26F3N7O3/c1-29-8-13-34-18-17(29)20(30(2)6-7-31-9-11-33-12-10-31)28-32-19(26-27-21(18)32)15-4-3-5-16(14-15)35-22(23,24)25/h3-5,14H,6-13H2,1-2H3. The lowest BCUT2D eigenvalue weighted by Gasteiger charge is -2.33. The van der Waals surface area contributed by atoms with Gasteiger partial charge in [-0.25, -0.2) is 0 Å². The molecule has 2 aliphatic heterocycles. The summed E-state index contributed by atoms with van der Waals surface area (Å²) in [6.45, 7) is 5.92. The molecule has 13 heteroatoms. The number of alkyl halides is 3. The van der Waals surface area contributed by atoms with Gasteiger partial charge in [-0.15, -0.1) is 28.5 Å². The molecule has 0 bridgehead atoms. The minimum Gasteiger partial charge on any atom is -0.486 e. The Kier molecular flexibility index (Phi) is 6.28. The van der Waals surface area contributed by atoms with Crippen LogP contribution in [0, 0.1) is 0 Å². The Bertz CT molecular complexity index is 1200. The smallest absolute Gasteiger partial charge is 0.486 e. The van der Waals surface area contributed by atoms with Crippen LogP contribution in [0.15, 0.2) is 24.3 Å². The maximum Gasteiger partial charge on any atom is 0.573 e. The van der Waals surface area contributed by atoms with Crippen molar-refractivity contribution in [2.45, 2.75) is 6.36 Å². The van der Waals surface area contributed by atoms with Crippen molar-refractivity contribution in [3.8, 4) is 22.9 Å². The van der Waals surface area contributed by atoms with Crippen LogP contribution in [-0.4, -0.2) is 97.7 Å². The zero-order valence-corrected chi connectivity index (χ0v) is 19.5. The fraction of sp³-hybridized carbons (Fsp3) is 0.500. The molecule has 10 nitrogen and oxygen atoms in total. The molecule has 0 amide bonds. The van der Waals surface area contributed by atoms with Crippen LogP contribution in [0.5, 0.6) is 11.5 Å². The topological polar surface area (TPSA) is 80.5 Å². The molecule has 1 aromatic carbocycles. The Balaban J connectivity index is 1.53. The van der Waals surface area contributed by atoms with Crippen molar-refractivity contribution in [3.63, 3.8) is 0 Å². The number of hydrogen-bond acceptors (Lipinski definition) is 9. The Labute approximate surface area is 199 Å². The fourth-order valence-electron chi connectivity index (χ4n) is 4.23. The van der Waals surface area contributed by atoms with Crippen LogP contribution in [0.1, 0.15) is 0 Å². The van der Waals surface area contributed by atoms with Gasteiger partial charge in [0.05, 0.1) is 19.8 Å². The molecule has 0 aliphatic carbocycles. The van der Waals surface area contributed by atoms with Crippen LogP contribution in [-0.2, 0) is 4.74 Å². The lowest BCUT2D eigenvalue weighted by atomic mass is 10.2. The van der Waals surface area contributed by atoms with E-state index in [0.717, 1.165) is 38.5 Å². The summed E-state index contributed by atoms with van der Waals surface area (Å²) in [5, 5.41) is 13.3. The Hall–Kier alpha value is -3.32. The fourth-order valence-corrected chi connectivity index (χ4v) is 4.23. The predicted molar refractivity (Wildman–Crippen MR) is 122 cm³/mol. The van der Waals surface area contributed by atoms with Crippen LogP contribution in [0.4, 0.5) is 24.7 Å². The summed E-state index contributed by atoms with van der Waals surface area (Å²) in [4.78, 5) is 6.45. The van der Waals surface area contributed by atoms with E-state index in [9.17, 15) is 13.2 Å². The molecule has 0 saturated carbocycles. The number of anilines is 2. The number of halogens is 3. The van der Waals surface area contributed by atoms with Gasteiger partial charge in [-0.3, -0.25) is 4.90 Å². The Morgan fingerprint density at radius 1 is 1.11 bits per heavy atom. The van der Waals surface area contributed by atoms with E-state index in [0.29, 0.717) is 42.5 Å². The molecule has 3 aromatic rings. The van der Waals surface area contributed by atoms with Gasteiger partial charge in [-0.2, -0.15) is 4.52 Å². The number of ether oxygens (including phenoxy) is 3. The van der Waals surface area contributed by atoms with Crippen molar-refractivity contribution >= 4 is 17.2 Å². The number of fused-ring (bicyclic) bond motifs is 3. The van der Waals surface area contributed by atoms with Crippen LogP contribution >= 0.6 is 0 Å². The first-order valence-corrected chi connectivity index (χ1v) is 11.3. The van der Waals surface area contributed by atoms with Crippen LogP contribution in [0.3, 0.4) is 0 Å². The van der Waals surface area contributed by atoms with Crippen molar-refractivity contribution in [1.29, 1.82) is 0 Å². The normalized spacial score (nSPS) is 16.8. The first kappa shape index (κ1) is 23.4. The predicted octanol–water partition coefficient (Wildman–Crippen LogP) is 2.29. The molecule has 2 aromatic heterocycles. The van der Waals surface area contributed by atoms with Gasteiger partial charge >= 0.3 is 6.36 Å². The highest BCUT2D eigenvalue weighted by atomic mass is 19.4. The average molecular weight is 493 g/mol. The molecule has 0 unspecified atom stereocenters. The molecule has 35 heavy (non-hydrogen) atoms. The molecule has 4 heterocycles. The van der Waals surface area contributed by atoms with Gasteiger partial charge < -0.3 is 24.0 Å². The quantitative estimate of drug-likeness (QED) is 0.514.